The van der Waals surface area contributed by atoms with Gasteiger partial charge in [-0.2, -0.15) is 0 Å². The molecule has 0 saturated carbocycles. The predicted octanol–water partition coefficient (Wildman–Crippen LogP) is 1.95. The van der Waals surface area contributed by atoms with Crippen LogP contribution in [-0.2, 0) is 18.7 Å². The van der Waals surface area contributed by atoms with Gasteiger partial charge in [-0.1, -0.05) is 20.8 Å². The van der Waals surface area contributed by atoms with E-state index in [9.17, 15) is 9.90 Å². The Kier molecular flexibility index (Phi) is 7.21. The number of ether oxygens (including phenoxy) is 2. The largest absolute Gasteiger partial charge is 0.467 e. The fourth-order valence-corrected chi connectivity index (χ4v) is 2.13. The number of carbonyl (C=O) groups is 1. The summed E-state index contributed by atoms with van der Waals surface area (Å²) in [6.45, 7) is 13.1. The summed E-state index contributed by atoms with van der Waals surface area (Å²) >= 11 is 0. The second kappa shape index (κ2) is 7.38. The van der Waals surface area contributed by atoms with Crippen molar-refractivity contribution in [2.75, 3.05) is 20.3 Å². The van der Waals surface area contributed by atoms with Crippen molar-refractivity contribution in [2.24, 2.45) is 0 Å². The lowest BCUT2D eigenvalue weighted by molar-refractivity contribution is -0.155. The van der Waals surface area contributed by atoms with Gasteiger partial charge in [0.05, 0.1) is 26.4 Å². The van der Waals surface area contributed by atoms with Crippen LogP contribution in [-0.4, -0.2) is 51.9 Å². The minimum atomic E-state index is -1.79. The number of aliphatic hydroxyl groups excluding tert-OH is 1. The highest BCUT2D eigenvalue weighted by atomic mass is 28.4. The number of hydrogen-bond acceptors (Lipinski definition) is 5. The molecule has 1 unspecified atom stereocenters. The second-order valence-corrected chi connectivity index (χ2v) is 11.1. The molecule has 0 aliphatic heterocycles. The van der Waals surface area contributed by atoms with Crippen molar-refractivity contribution in [3.63, 3.8) is 0 Å². The summed E-state index contributed by atoms with van der Waals surface area (Å²) in [6, 6.07) is 0. The van der Waals surface area contributed by atoms with Crippen LogP contribution in [0.4, 0.5) is 0 Å². The van der Waals surface area contributed by atoms with Crippen LogP contribution in [0.25, 0.3) is 0 Å². The van der Waals surface area contributed by atoms with Crippen LogP contribution in [0.1, 0.15) is 27.7 Å². The van der Waals surface area contributed by atoms with Gasteiger partial charge in [0, 0.05) is 0 Å². The van der Waals surface area contributed by atoms with Crippen molar-refractivity contribution in [3.05, 3.63) is 0 Å². The first-order valence-corrected chi connectivity index (χ1v) is 9.43. The normalized spacial score (nSPS) is 16.0. The number of rotatable bonds is 7. The third-order valence-corrected chi connectivity index (χ3v) is 8.00. The monoisotopic (exact) mass is 292 g/mol. The van der Waals surface area contributed by atoms with Crippen molar-refractivity contribution in [1.29, 1.82) is 0 Å². The van der Waals surface area contributed by atoms with Crippen LogP contribution < -0.4 is 0 Å². The standard InChI is InChI=1S/C13H28O5Si/c1-10(17-9-11(14)12(15)16-5)8-18-19(6,7)13(2,3)4/h10-11,14H,8-9H2,1-7H3/t10-,11?/m1/s1. The number of esters is 1. The van der Waals surface area contributed by atoms with E-state index in [1.807, 2.05) is 6.92 Å². The van der Waals surface area contributed by atoms with Crippen molar-refractivity contribution in [2.45, 2.75) is 58.0 Å². The Hall–Kier alpha value is -0.433. The fraction of sp³-hybridized carbons (Fsp3) is 0.923. The summed E-state index contributed by atoms with van der Waals surface area (Å²) in [5.41, 5.74) is 0. The average Bonchev–Trinajstić information content (AvgIpc) is 2.30. The molecule has 0 aromatic heterocycles. The Morgan fingerprint density at radius 1 is 1.26 bits per heavy atom. The molecule has 0 bridgehead atoms. The molecule has 0 aromatic rings. The van der Waals surface area contributed by atoms with Crippen LogP contribution >= 0.6 is 0 Å². The highest BCUT2D eigenvalue weighted by molar-refractivity contribution is 6.74. The maximum absolute atomic E-state index is 11.0. The molecule has 1 N–H and O–H groups in total. The molecule has 0 aliphatic carbocycles. The van der Waals surface area contributed by atoms with E-state index in [2.05, 4.69) is 38.6 Å². The zero-order valence-corrected chi connectivity index (χ0v) is 14.1. The van der Waals surface area contributed by atoms with E-state index in [0.29, 0.717) is 6.61 Å². The Bertz CT molecular complexity index is 285. The first kappa shape index (κ1) is 18.6. The van der Waals surface area contributed by atoms with E-state index in [4.69, 9.17) is 9.16 Å². The van der Waals surface area contributed by atoms with Crippen LogP contribution in [0.3, 0.4) is 0 Å². The molecule has 0 heterocycles. The molecule has 5 nitrogen and oxygen atoms in total. The molecule has 2 atom stereocenters. The predicted molar refractivity (Wildman–Crippen MR) is 76.6 cm³/mol. The minimum Gasteiger partial charge on any atom is -0.467 e. The molecule has 6 heteroatoms. The third kappa shape index (κ3) is 6.51. The van der Waals surface area contributed by atoms with Gasteiger partial charge in [-0.3, -0.25) is 0 Å². The van der Waals surface area contributed by atoms with E-state index >= 15 is 0 Å². The van der Waals surface area contributed by atoms with Crippen molar-refractivity contribution >= 4 is 14.3 Å². The Balaban J connectivity index is 4.07. The number of aliphatic hydroxyl groups is 1. The topological polar surface area (TPSA) is 65.0 Å². The van der Waals surface area contributed by atoms with Gasteiger partial charge in [-0.25, -0.2) is 4.79 Å². The Labute approximate surface area is 117 Å². The highest BCUT2D eigenvalue weighted by Crippen LogP contribution is 2.36. The third-order valence-electron chi connectivity index (χ3n) is 3.50. The molecule has 0 aromatic carbocycles. The Morgan fingerprint density at radius 2 is 1.79 bits per heavy atom. The van der Waals surface area contributed by atoms with E-state index in [1.165, 1.54) is 7.11 Å². The lowest BCUT2D eigenvalue weighted by Gasteiger charge is -2.36. The average molecular weight is 292 g/mol. The summed E-state index contributed by atoms with van der Waals surface area (Å²) in [6.07, 6.45) is -1.41. The SMILES string of the molecule is COC(=O)C(O)CO[C@H](C)CO[Si](C)(C)C(C)(C)C. The molecular formula is C13H28O5Si. The smallest absolute Gasteiger partial charge is 0.337 e. The minimum absolute atomic E-state index is 0.0747. The number of methoxy groups -OCH3 is 1. The molecule has 0 saturated heterocycles. The van der Waals surface area contributed by atoms with Gasteiger partial charge in [0.1, 0.15) is 0 Å². The molecule has 0 fully saturated rings. The second-order valence-electron chi connectivity index (χ2n) is 6.25. The first-order chi connectivity index (χ1) is 8.51. The lowest BCUT2D eigenvalue weighted by Crippen LogP contribution is -2.43. The van der Waals surface area contributed by atoms with E-state index < -0.39 is 20.4 Å². The van der Waals surface area contributed by atoms with Gasteiger partial charge in [-0.15, -0.1) is 0 Å². The zero-order chi connectivity index (χ0) is 15.3. The van der Waals surface area contributed by atoms with Crippen molar-refractivity contribution < 1.29 is 23.8 Å². The number of carbonyl (C=O) groups excluding carboxylic acids is 1. The molecule has 114 valence electrons. The van der Waals surface area contributed by atoms with Gasteiger partial charge in [-0.05, 0) is 25.1 Å². The van der Waals surface area contributed by atoms with E-state index in [0.717, 1.165) is 0 Å². The molecule has 0 radical (unpaired) electrons. The molecule has 0 spiro atoms. The maximum Gasteiger partial charge on any atom is 0.337 e. The Morgan fingerprint density at radius 3 is 2.21 bits per heavy atom. The van der Waals surface area contributed by atoms with Crippen LogP contribution in [0.5, 0.6) is 0 Å². The first-order valence-electron chi connectivity index (χ1n) is 6.52. The van der Waals surface area contributed by atoms with Gasteiger partial charge >= 0.3 is 5.97 Å². The summed E-state index contributed by atoms with van der Waals surface area (Å²) < 4.78 is 15.8. The van der Waals surface area contributed by atoms with Gasteiger partial charge in [0.15, 0.2) is 14.4 Å². The number of hydrogen-bond donors (Lipinski definition) is 1. The van der Waals surface area contributed by atoms with Gasteiger partial charge in [0.2, 0.25) is 0 Å². The zero-order valence-electron chi connectivity index (χ0n) is 13.1. The maximum atomic E-state index is 11.0. The van der Waals surface area contributed by atoms with E-state index in [-0.39, 0.29) is 17.7 Å². The fourth-order valence-electron chi connectivity index (χ4n) is 1.05. The van der Waals surface area contributed by atoms with Gasteiger partial charge in [0.25, 0.3) is 0 Å². The quantitative estimate of drug-likeness (QED) is 0.574. The van der Waals surface area contributed by atoms with Crippen LogP contribution in [0, 0.1) is 0 Å². The molecular weight excluding hydrogens is 264 g/mol. The lowest BCUT2D eigenvalue weighted by atomic mass is 10.2. The van der Waals surface area contributed by atoms with Crippen LogP contribution in [0.2, 0.25) is 18.1 Å². The summed E-state index contributed by atoms with van der Waals surface area (Å²) in [5, 5.41) is 9.54. The highest BCUT2D eigenvalue weighted by Gasteiger charge is 2.37. The molecule has 0 amide bonds. The van der Waals surface area contributed by atoms with Gasteiger partial charge < -0.3 is 19.0 Å². The van der Waals surface area contributed by atoms with E-state index in [1.54, 1.807) is 0 Å². The van der Waals surface area contributed by atoms with Crippen LogP contribution in [0.15, 0.2) is 0 Å². The summed E-state index contributed by atoms with van der Waals surface area (Å²) in [7, 11) is -0.555. The molecule has 19 heavy (non-hydrogen) atoms. The van der Waals surface area contributed by atoms with Crippen molar-refractivity contribution in [3.8, 4) is 0 Å². The molecule has 0 rings (SSSR count). The molecule has 0 aliphatic rings. The summed E-state index contributed by atoms with van der Waals surface area (Å²) in [4.78, 5) is 11.0. The summed E-state index contributed by atoms with van der Waals surface area (Å²) in [5.74, 6) is -0.683. The van der Waals surface area contributed by atoms with Crippen molar-refractivity contribution in [1.82, 2.24) is 0 Å².